The zero-order valence-corrected chi connectivity index (χ0v) is 10.7. The quantitative estimate of drug-likeness (QED) is 0.563. The number of nitrogens with zero attached hydrogens (tertiary/aromatic N) is 2. The lowest BCUT2D eigenvalue weighted by Gasteiger charge is -2.10. The summed E-state index contributed by atoms with van der Waals surface area (Å²) in [7, 11) is 0. The molecule has 0 fully saturated rings. The van der Waals surface area contributed by atoms with E-state index >= 15 is 0 Å². The number of nitrogen functional groups attached to an aromatic ring is 1. The van der Waals surface area contributed by atoms with Gasteiger partial charge in [-0.05, 0) is 38.1 Å². The first-order chi connectivity index (χ1) is 9.10. The van der Waals surface area contributed by atoms with Gasteiger partial charge in [0.2, 0.25) is 0 Å². The van der Waals surface area contributed by atoms with Crippen molar-refractivity contribution in [3.63, 3.8) is 0 Å². The zero-order chi connectivity index (χ0) is 13.8. The van der Waals surface area contributed by atoms with Crippen molar-refractivity contribution >= 4 is 11.7 Å². The van der Waals surface area contributed by atoms with Gasteiger partial charge in [0.1, 0.15) is 11.5 Å². The maximum atomic E-state index is 11.9. The van der Waals surface area contributed by atoms with Crippen molar-refractivity contribution in [2.24, 2.45) is 5.84 Å². The van der Waals surface area contributed by atoms with E-state index in [1.807, 2.05) is 26.0 Å². The number of hydrogen-bond donors (Lipinski definition) is 3. The van der Waals surface area contributed by atoms with Gasteiger partial charge in [0, 0.05) is 0 Å². The van der Waals surface area contributed by atoms with Crippen LogP contribution in [0.2, 0.25) is 0 Å². The Morgan fingerprint density at radius 2 is 2.11 bits per heavy atom. The third-order valence-electron chi connectivity index (χ3n) is 2.58. The molecule has 0 aliphatic carbocycles. The second-order valence-electron chi connectivity index (χ2n) is 4.09. The molecule has 7 heteroatoms. The summed E-state index contributed by atoms with van der Waals surface area (Å²) < 4.78 is 5.44. The van der Waals surface area contributed by atoms with Crippen LogP contribution in [0.5, 0.6) is 0 Å². The number of rotatable bonds is 4. The van der Waals surface area contributed by atoms with Crippen LogP contribution >= 0.6 is 0 Å². The lowest BCUT2D eigenvalue weighted by Crippen LogP contribution is -2.27. The Labute approximate surface area is 110 Å². The van der Waals surface area contributed by atoms with Crippen LogP contribution in [0.3, 0.4) is 0 Å². The summed E-state index contributed by atoms with van der Waals surface area (Å²) in [6.45, 7) is 3.68. The van der Waals surface area contributed by atoms with Crippen LogP contribution < -0.4 is 16.6 Å². The molecule has 2 aromatic heterocycles. The van der Waals surface area contributed by atoms with E-state index in [-0.39, 0.29) is 17.6 Å². The van der Waals surface area contributed by atoms with Gasteiger partial charge < -0.3 is 15.2 Å². The minimum atomic E-state index is -0.322. The Morgan fingerprint density at radius 1 is 1.32 bits per heavy atom. The highest BCUT2D eigenvalue weighted by Gasteiger charge is 2.15. The van der Waals surface area contributed by atoms with Crippen LogP contribution in [0.15, 0.2) is 28.7 Å². The minimum Gasteiger partial charge on any atom is -0.464 e. The van der Waals surface area contributed by atoms with Gasteiger partial charge >= 0.3 is 0 Å². The molecule has 19 heavy (non-hydrogen) atoms. The van der Waals surface area contributed by atoms with Crippen molar-refractivity contribution in [2.75, 3.05) is 5.43 Å². The summed E-state index contributed by atoms with van der Waals surface area (Å²) in [4.78, 5) is 11.9. The van der Waals surface area contributed by atoms with E-state index in [0.717, 1.165) is 5.76 Å². The molecule has 0 saturated heterocycles. The molecule has 0 aliphatic heterocycles. The molecule has 4 N–H and O–H groups in total. The van der Waals surface area contributed by atoms with E-state index in [4.69, 9.17) is 10.3 Å². The predicted molar refractivity (Wildman–Crippen MR) is 69.2 cm³/mol. The smallest absolute Gasteiger partial charge is 0.272 e. The molecule has 1 atom stereocenters. The van der Waals surface area contributed by atoms with Gasteiger partial charge in [-0.15, -0.1) is 10.2 Å². The van der Waals surface area contributed by atoms with Crippen LogP contribution in [0, 0.1) is 6.92 Å². The molecular formula is C12H15N5O2. The summed E-state index contributed by atoms with van der Waals surface area (Å²) in [5.74, 6) is 6.74. The molecule has 2 aromatic rings. The lowest BCUT2D eigenvalue weighted by atomic mass is 10.2. The van der Waals surface area contributed by atoms with Crippen molar-refractivity contribution < 1.29 is 9.21 Å². The summed E-state index contributed by atoms with van der Waals surface area (Å²) in [6.07, 6.45) is 0. The van der Waals surface area contributed by atoms with Gasteiger partial charge in [-0.3, -0.25) is 4.79 Å². The van der Waals surface area contributed by atoms with Crippen molar-refractivity contribution in [3.05, 3.63) is 41.5 Å². The molecule has 2 rings (SSSR count). The van der Waals surface area contributed by atoms with Crippen LogP contribution in [-0.2, 0) is 0 Å². The molecule has 1 unspecified atom stereocenters. The second kappa shape index (κ2) is 5.49. The second-order valence-corrected chi connectivity index (χ2v) is 4.09. The Hall–Kier alpha value is -2.41. The number of carbonyl (C=O) groups excluding carboxylic acids is 1. The number of nitrogens with one attached hydrogen (secondary N) is 2. The van der Waals surface area contributed by atoms with E-state index in [1.54, 1.807) is 6.07 Å². The normalized spacial score (nSPS) is 11.9. The van der Waals surface area contributed by atoms with Crippen molar-refractivity contribution in [1.82, 2.24) is 15.5 Å². The number of carbonyl (C=O) groups is 1. The summed E-state index contributed by atoms with van der Waals surface area (Å²) in [6, 6.07) is 6.55. The first kappa shape index (κ1) is 13.0. The number of nitrogens with two attached hydrogens (primary N) is 1. The number of hydrazine groups is 1. The van der Waals surface area contributed by atoms with Gasteiger partial charge in [-0.2, -0.15) is 0 Å². The largest absolute Gasteiger partial charge is 0.464 e. The van der Waals surface area contributed by atoms with E-state index in [9.17, 15) is 4.79 Å². The molecule has 1 amide bonds. The third-order valence-corrected chi connectivity index (χ3v) is 2.58. The number of anilines is 1. The highest BCUT2D eigenvalue weighted by atomic mass is 16.3. The van der Waals surface area contributed by atoms with E-state index in [0.29, 0.717) is 11.6 Å². The van der Waals surface area contributed by atoms with E-state index in [2.05, 4.69) is 20.9 Å². The average Bonchev–Trinajstić information content (AvgIpc) is 2.85. The molecule has 0 saturated carbocycles. The van der Waals surface area contributed by atoms with Crippen molar-refractivity contribution in [3.8, 4) is 0 Å². The van der Waals surface area contributed by atoms with E-state index < -0.39 is 0 Å². The summed E-state index contributed by atoms with van der Waals surface area (Å²) >= 11 is 0. The van der Waals surface area contributed by atoms with Crippen LogP contribution in [0.25, 0.3) is 0 Å². The number of aromatic nitrogens is 2. The summed E-state index contributed by atoms with van der Waals surface area (Å²) in [5.41, 5.74) is 2.56. The molecule has 0 aromatic carbocycles. The molecule has 0 aliphatic rings. The van der Waals surface area contributed by atoms with E-state index in [1.165, 1.54) is 6.07 Å². The number of amides is 1. The predicted octanol–water partition coefficient (Wildman–Crippen LogP) is 1.15. The highest BCUT2D eigenvalue weighted by Crippen LogP contribution is 2.15. The molecule has 0 spiro atoms. The Kier molecular flexibility index (Phi) is 3.76. The van der Waals surface area contributed by atoms with Gasteiger partial charge in [-0.25, -0.2) is 5.84 Å². The Balaban J connectivity index is 2.03. The summed E-state index contributed by atoms with van der Waals surface area (Å²) in [5, 5.41) is 10.3. The zero-order valence-electron chi connectivity index (χ0n) is 10.7. The molecule has 2 heterocycles. The third kappa shape index (κ3) is 3.08. The molecule has 0 bridgehead atoms. The van der Waals surface area contributed by atoms with Crippen molar-refractivity contribution in [2.45, 2.75) is 19.9 Å². The molecule has 100 valence electrons. The lowest BCUT2D eigenvalue weighted by molar-refractivity contribution is 0.0929. The maximum absolute atomic E-state index is 11.9. The fourth-order valence-electron chi connectivity index (χ4n) is 1.56. The van der Waals surface area contributed by atoms with Crippen LogP contribution in [0.1, 0.15) is 35.0 Å². The molecule has 7 nitrogen and oxygen atoms in total. The fraction of sp³-hybridized carbons (Fsp3) is 0.250. The molecule has 0 radical (unpaired) electrons. The average molecular weight is 261 g/mol. The van der Waals surface area contributed by atoms with Crippen LogP contribution in [-0.4, -0.2) is 16.1 Å². The number of hydrogen-bond acceptors (Lipinski definition) is 6. The SMILES string of the molecule is Cc1ccc(C(C)NC(=O)c2ccc(NN)nn2)o1. The highest BCUT2D eigenvalue weighted by molar-refractivity contribution is 5.92. The Bertz CT molecular complexity index is 564. The van der Waals surface area contributed by atoms with Gasteiger partial charge in [0.15, 0.2) is 11.5 Å². The molecular weight excluding hydrogens is 246 g/mol. The van der Waals surface area contributed by atoms with Gasteiger partial charge in [0.05, 0.1) is 6.04 Å². The minimum absolute atomic E-state index is 0.217. The topological polar surface area (TPSA) is 106 Å². The number of aryl methyl sites for hydroxylation is 1. The standard InChI is InChI=1S/C12H15N5O2/c1-7-3-5-10(19-7)8(2)14-12(18)9-4-6-11(15-13)17-16-9/h3-6,8H,13H2,1-2H3,(H,14,18)(H,15,17). The Morgan fingerprint density at radius 3 is 2.63 bits per heavy atom. The van der Waals surface area contributed by atoms with Gasteiger partial charge in [0.25, 0.3) is 5.91 Å². The fourth-order valence-corrected chi connectivity index (χ4v) is 1.56. The van der Waals surface area contributed by atoms with Crippen molar-refractivity contribution in [1.29, 1.82) is 0 Å². The van der Waals surface area contributed by atoms with Gasteiger partial charge in [-0.1, -0.05) is 0 Å². The van der Waals surface area contributed by atoms with Crippen LogP contribution in [0.4, 0.5) is 5.82 Å². The monoisotopic (exact) mass is 261 g/mol. The first-order valence-corrected chi connectivity index (χ1v) is 5.77. The first-order valence-electron chi connectivity index (χ1n) is 5.77. The maximum Gasteiger partial charge on any atom is 0.272 e. The number of furan rings is 1.